The minimum Gasteiger partial charge on any atom is -0.491 e. The maximum atomic E-state index is 13.2. The minimum atomic E-state index is -2.41. The first-order valence-corrected chi connectivity index (χ1v) is 11.8. The van der Waals surface area contributed by atoms with Gasteiger partial charge in [0.05, 0.1) is 23.9 Å². The van der Waals surface area contributed by atoms with E-state index in [9.17, 15) is 13.6 Å². The molecule has 1 spiro atoms. The van der Waals surface area contributed by atoms with E-state index in [4.69, 9.17) is 9.47 Å². The summed E-state index contributed by atoms with van der Waals surface area (Å²) in [6.45, 7) is 7.17. The van der Waals surface area contributed by atoms with Crippen LogP contribution in [0.2, 0.25) is 0 Å². The molecule has 0 saturated carbocycles. The van der Waals surface area contributed by atoms with Gasteiger partial charge < -0.3 is 14.4 Å². The average Bonchev–Trinajstić information content (AvgIpc) is 3.21. The Morgan fingerprint density at radius 2 is 2.12 bits per heavy atom. The molecule has 0 N–H and O–H groups in total. The van der Waals surface area contributed by atoms with Crippen molar-refractivity contribution in [2.45, 2.75) is 57.7 Å². The number of ether oxygens (including phenoxy) is 2. The Balaban J connectivity index is 1.45. The Bertz CT molecular complexity index is 1000. The lowest BCUT2D eigenvalue weighted by molar-refractivity contribution is -0.159. The molecule has 2 fully saturated rings. The largest absolute Gasteiger partial charge is 0.491 e. The van der Waals surface area contributed by atoms with Crippen LogP contribution in [-0.2, 0) is 11.8 Å². The van der Waals surface area contributed by atoms with Crippen LogP contribution < -0.4 is 4.74 Å². The monoisotopic (exact) mass is 476 g/mol. The zero-order chi connectivity index (χ0) is 24.5. The van der Waals surface area contributed by atoms with E-state index in [0.29, 0.717) is 38.0 Å². The number of hydrogen-bond acceptors (Lipinski definition) is 5. The van der Waals surface area contributed by atoms with Gasteiger partial charge in [0.2, 0.25) is 0 Å². The van der Waals surface area contributed by atoms with Crippen LogP contribution in [0.5, 0.6) is 5.75 Å². The van der Waals surface area contributed by atoms with Crippen LogP contribution in [-0.4, -0.2) is 76.5 Å². The Kier molecular flexibility index (Phi) is 7.23. The number of halogens is 2. The maximum Gasteiger partial charge on any atom is 0.255 e. The number of carbonyl (C=O) groups excluding carboxylic acids is 1. The fourth-order valence-electron chi connectivity index (χ4n) is 5.03. The molecule has 3 heterocycles. The molecule has 9 heteroatoms. The number of hydrogen-bond donors (Lipinski definition) is 0. The molecule has 1 aromatic heterocycles. The van der Waals surface area contributed by atoms with Gasteiger partial charge in [-0.2, -0.15) is 5.10 Å². The van der Waals surface area contributed by atoms with Gasteiger partial charge >= 0.3 is 0 Å². The van der Waals surface area contributed by atoms with Crippen LogP contribution >= 0.6 is 0 Å². The number of rotatable bonds is 6. The zero-order valence-electron chi connectivity index (χ0n) is 20.3. The molecule has 34 heavy (non-hydrogen) atoms. The van der Waals surface area contributed by atoms with Gasteiger partial charge in [0.25, 0.3) is 12.3 Å². The second-order valence-corrected chi connectivity index (χ2v) is 9.82. The molecule has 2 atom stereocenters. The van der Waals surface area contributed by atoms with Crippen molar-refractivity contribution in [2.24, 2.45) is 7.05 Å². The van der Waals surface area contributed by atoms with Crippen molar-refractivity contribution in [1.82, 2.24) is 19.6 Å². The predicted molar refractivity (Wildman–Crippen MR) is 124 cm³/mol. The van der Waals surface area contributed by atoms with Crippen molar-refractivity contribution in [3.63, 3.8) is 0 Å². The van der Waals surface area contributed by atoms with Crippen molar-refractivity contribution in [3.8, 4) is 5.75 Å². The van der Waals surface area contributed by atoms with Crippen molar-refractivity contribution in [1.29, 1.82) is 0 Å². The normalized spacial score (nSPS) is 23.8. The fourth-order valence-corrected chi connectivity index (χ4v) is 5.03. The van der Waals surface area contributed by atoms with Crippen LogP contribution in [0.1, 0.15) is 54.2 Å². The van der Waals surface area contributed by atoms with E-state index >= 15 is 0 Å². The van der Waals surface area contributed by atoms with Crippen molar-refractivity contribution >= 4 is 5.91 Å². The second kappa shape index (κ2) is 10.00. The van der Waals surface area contributed by atoms with Gasteiger partial charge in [0.15, 0.2) is 0 Å². The van der Waals surface area contributed by atoms with Crippen molar-refractivity contribution in [2.75, 3.05) is 32.9 Å². The number of carbonyl (C=O) groups is 1. The third-order valence-electron chi connectivity index (χ3n) is 6.59. The molecule has 0 aliphatic carbocycles. The maximum absolute atomic E-state index is 13.2. The summed E-state index contributed by atoms with van der Waals surface area (Å²) in [5, 5.41) is 4.51. The third kappa shape index (κ3) is 5.58. The Morgan fingerprint density at radius 1 is 1.32 bits per heavy atom. The lowest BCUT2D eigenvalue weighted by Gasteiger charge is -2.49. The van der Waals surface area contributed by atoms with Crippen LogP contribution in [0.3, 0.4) is 0 Å². The molecule has 2 aliphatic heterocycles. The second-order valence-electron chi connectivity index (χ2n) is 9.82. The molecule has 2 aromatic rings. The lowest BCUT2D eigenvalue weighted by atomic mass is 9.80. The van der Waals surface area contributed by atoms with E-state index in [0.717, 1.165) is 17.0 Å². The Hall–Kier alpha value is -2.52. The third-order valence-corrected chi connectivity index (χ3v) is 6.59. The summed E-state index contributed by atoms with van der Waals surface area (Å²) in [4.78, 5) is 16.6. The molecular formula is C25H34F2N4O3. The van der Waals surface area contributed by atoms with Crippen LogP contribution in [0.25, 0.3) is 0 Å². The Morgan fingerprint density at radius 3 is 2.71 bits per heavy atom. The molecule has 7 nitrogen and oxygen atoms in total. The first kappa shape index (κ1) is 24.6. The van der Waals surface area contributed by atoms with E-state index in [1.807, 2.05) is 52.2 Å². The van der Waals surface area contributed by atoms with Crippen molar-refractivity contribution in [3.05, 3.63) is 47.3 Å². The summed E-state index contributed by atoms with van der Waals surface area (Å²) < 4.78 is 40.3. The summed E-state index contributed by atoms with van der Waals surface area (Å²) in [5.41, 5.74) is 1.81. The molecule has 1 amide bonds. The first-order valence-electron chi connectivity index (χ1n) is 11.8. The Labute approximate surface area is 199 Å². The SMILES string of the molecule is Cc1cc(C(=O)N2CCC3(CC(c4ccn(C)n4)CN(CC(F)F)C3)OC2)ccc1OC(C)C. The smallest absolute Gasteiger partial charge is 0.255 e. The topological polar surface area (TPSA) is 59.8 Å². The number of aromatic nitrogens is 2. The summed E-state index contributed by atoms with van der Waals surface area (Å²) in [5.74, 6) is 0.671. The summed E-state index contributed by atoms with van der Waals surface area (Å²) in [6, 6.07) is 7.39. The molecule has 2 saturated heterocycles. The van der Waals surface area contributed by atoms with Crippen LogP contribution in [0.15, 0.2) is 30.5 Å². The first-order chi connectivity index (χ1) is 16.1. The molecule has 1 aromatic carbocycles. The number of alkyl halides is 2. The quantitative estimate of drug-likeness (QED) is 0.634. The van der Waals surface area contributed by atoms with E-state index < -0.39 is 12.0 Å². The van der Waals surface area contributed by atoms with Gasteiger partial charge in [-0.3, -0.25) is 14.4 Å². The van der Waals surface area contributed by atoms with E-state index in [2.05, 4.69) is 5.10 Å². The summed E-state index contributed by atoms with van der Waals surface area (Å²) in [6.07, 6.45) is 0.811. The van der Waals surface area contributed by atoms with Gasteiger partial charge in [-0.25, -0.2) is 8.78 Å². The predicted octanol–water partition coefficient (Wildman–Crippen LogP) is 3.83. The number of amides is 1. The van der Waals surface area contributed by atoms with Gasteiger partial charge in [-0.05, 0) is 63.4 Å². The van der Waals surface area contributed by atoms with E-state index in [1.165, 1.54) is 0 Å². The highest BCUT2D eigenvalue weighted by molar-refractivity contribution is 5.94. The molecule has 2 aliphatic rings. The number of benzene rings is 1. The van der Waals surface area contributed by atoms with E-state index in [-0.39, 0.29) is 31.2 Å². The number of likely N-dealkylation sites (tertiary alicyclic amines) is 1. The highest BCUT2D eigenvalue weighted by atomic mass is 19.3. The molecule has 2 unspecified atom stereocenters. The van der Waals surface area contributed by atoms with Crippen LogP contribution in [0, 0.1) is 6.92 Å². The minimum absolute atomic E-state index is 0.00658. The standard InChI is InChI=1S/C25H34F2N4O3/c1-17(2)34-22-6-5-19(11-18(22)3)24(32)31-10-8-25(33-16-31)12-20(21-7-9-29(4)28-21)13-30(15-25)14-23(26)27/h5-7,9,11,17,20,23H,8,10,12-16H2,1-4H3. The molecular weight excluding hydrogens is 442 g/mol. The average molecular weight is 477 g/mol. The number of aryl methyl sites for hydroxylation is 2. The molecule has 4 rings (SSSR count). The van der Waals surface area contributed by atoms with Crippen molar-refractivity contribution < 1.29 is 23.0 Å². The van der Waals surface area contributed by atoms with Gasteiger partial charge in [-0.15, -0.1) is 0 Å². The van der Waals surface area contributed by atoms with Gasteiger partial charge in [-0.1, -0.05) is 0 Å². The fraction of sp³-hybridized carbons (Fsp3) is 0.600. The van der Waals surface area contributed by atoms with Crippen LogP contribution in [0.4, 0.5) is 8.78 Å². The highest BCUT2D eigenvalue weighted by Crippen LogP contribution is 2.39. The highest BCUT2D eigenvalue weighted by Gasteiger charge is 2.45. The summed E-state index contributed by atoms with van der Waals surface area (Å²) in [7, 11) is 1.85. The van der Waals surface area contributed by atoms with Gasteiger partial charge in [0, 0.05) is 44.4 Å². The molecule has 0 radical (unpaired) electrons. The zero-order valence-corrected chi connectivity index (χ0v) is 20.3. The van der Waals surface area contributed by atoms with Gasteiger partial charge in [0.1, 0.15) is 12.5 Å². The van der Waals surface area contributed by atoms with E-state index in [1.54, 1.807) is 20.5 Å². The summed E-state index contributed by atoms with van der Waals surface area (Å²) >= 11 is 0. The number of piperidine rings is 1. The molecule has 186 valence electrons. The molecule has 0 bridgehead atoms. The number of nitrogens with zero attached hydrogens (tertiary/aromatic N) is 4. The lowest BCUT2D eigenvalue weighted by Crippen LogP contribution is -2.58.